The van der Waals surface area contributed by atoms with E-state index in [1.165, 1.54) is 10.7 Å². The van der Waals surface area contributed by atoms with Crippen LogP contribution >= 0.6 is 0 Å². The van der Waals surface area contributed by atoms with Crippen LogP contribution in [0, 0.1) is 12.7 Å². The first-order valence-electron chi connectivity index (χ1n) is 8.58. The van der Waals surface area contributed by atoms with Crippen LogP contribution in [0.4, 0.5) is 10.2 Å². The molecule has 0 bridgehead atoms. The second kappa shape index (κ2) is 7.76. The molecule has 1 saturated heterocycles. The summed E-state index contributed by atoms with van der Waals surface area (Å²) >= 11 is 0. The van der Waals surface area contributed by atoms with Crippen LogP contribution in [0.1, 0.15) is 18.5 Å². The summed E-state index contributed by atoms with van der Waals surface area (Å²) in [6.07, 6.45) is 2.21. The minimum atomic E-state index is -0.381. The van der Waals surface area contributed by atoms with Crippen molar-refractivity contribution in [3.63, 3.8) is 0 Å². The number of carbonyl (C=O) groups excluding carboxylic acids is 1. The Morgan fingerprint density at radius 1 is 1.40 bits per heavy atom. The van der Waals surface area contributed by atoms with Gasteiger partial charge in [-0.25, -0.2) is 9.07 Å². The van der Waals surface area contributed by atoms with Gasteiger partial charge >= 0.3 is 0 Å². The first-order chi connectivity index (χ1) is 12.1. The number of rotatable bonds is 5. The maximum atomic E-state index is 14.1. The van der Waals surface area contributed by atoms with Crippen LogP contribution in [-0.2, 0) is 4.79 Å². The van der Waals surface area contributed by atoms with Gasteiger partial charge in [0, 0.05) is 18.7 Å². The van der Waals surface area contributed by atoms with Gasteiger partial charge in [-0.15, -0.1) is 0 Å². The summed E-state index contributed by atoms with van der Waals surface area (Å²) in [5.41, 5.74) is 1.03. The van der Waals surface area contributed by atoms with Crippen molar-refractivity contribution in [1.29, 1.82) is 0 Å². The summed E-state index contributed by atoms with van der Waals surface area (Å²) < 4.78 is 15.5. The predicted molar refractivity (Wildman–Crippen MR) is 95.4 cm³/mol. The van der Waals surface area contributed by atoms with Crippen molar-refractivity contribution in [2.24, 2.45) is 0 Å². The number of para-hydroxylation sites is 1. The van der Waals surface area contributed by atoms with E-state index in [1.807, 2.05) is 14.0 Å². The van der Waals surface area contributed by atoms with E-state index in [9.17, 15) is 9.18 Å². The van der Waals surface area contributed by atoms with E-state index < -0.39 is 0 Å². The molecular formula is C18H24FN5O. The van der Waals surface area contributed by atoms with Crippen molar-refractivity contribution < 1.29 is 9.18 Å². The van der Waals surface area contributed by atoms with Crippen molar-refractivity contribution in [3.8, 4) is 5.69 Å². The molecule has 1 aromatic carbocycles. The molecule has 134 valence electrons. The fourth-order valence-electron chi connectivity index (χ4n) is 3.22. The quantitative estimate of drug-likeness (QED) is 0.869. The van der Waals surface area contributed by atoms with Gasteiger partial charge in [0.25, 0.3) is 0 Å². The third kappa shape index (κ3) is 4.24. The lowest BCUT2D eigenvalue weighted by Crippen LogP contribution is -2.47. The van der Waals surface area contributed by atoms with Crippen molar-refractivity contribution in [2.75, 3.05) is 32.0 Å². The number of piperidine rings is 1. The van der Waals surface area contributed by atoms with E-state index in [0.29, 0.717) is 29.8 Å². The first kappa shape index (κ1) is 17.6. The van der Waals surface area contributed by atoms with E-state index in [1.54, 1.807) is 24.3 Å². The Balaban J connectivity index is 1.71. The molecular weight excluding hydrogens is 321 g/mol. The molecule has 1 aliphatic rings. The number of halogens is 1. The van der Waals surface area contributed by atoms with Gasteiger partial charge in [0.15, 0.2) is 0 Å². The Morgan fingerprint density at radius 3 is 2.96 bits per heavy atom. The lowest BCUT2D eigenvalue weighted by atomic mass is 10.1. The number of likely N-dealkylation sites (N-methyl/N-ethyl adjacent to an activating group) is 1. The van der Waals surface area contributed by atoms with E-state index in [-0.39, 0.29) is 11.7 Å². The summed E-state index contributed by atoms with van der Waals surface area (Å²) in [5, 5.41) is 10.4. The monoisotopic (exact) mass is 345 g/mol. The van der Waals surface area contributed by atoms with Gasteiger partial charge in [0.1, 0.15) is 17.3 Å². The predicted octanol–water partition coefficient (Wildman–Crippen LogP) is 1.94. The minimum Gasteiger partial charge on any atom is -0.316 e. The van der Waals surface area contributed by atoms with Gasteiger partial charge in [0.05, 0.1) is 12.2 Å². The zero-order chi connectivity index (χ0) is 17.8. The molecule has 1 fully saturated rings. The Bertz CT molecular complexity index is 745. The van der Waals surface area contributed by atoms with Crippen molar-refractivity contribution in [1.82, 2.24) is 20.0 Å². The molecule has 1 amide bonds. The zero-order valence-corrected chi connectivity index (χ0v) is 14.6. The number of aromatic nitrogens is 2. The number of hydrogen-bond acceptors (Lipinski definition) is 4. The highest BCUT2D eigenvalue weighted by atomic mass is 19.1. The second-order valence-corrected chi connectivity index (χ2v) is 6.45. The zero-order valence-electron chi connectivity index (χ0n) is 14.6. The molecule has 1 aliphatic heterocycles. The Hall–Kier alpha value is -2.25. The summed E-state index contributed by atoms with van der Waals surface area (Å²) in [5.74, 6) is -0.0157. The number of carbonyl (C=O) groups is 1. The lowest BCUT2D eigenvalue weighted by molar-refractivity contribution is -0.117. The topological polar surface area (TPSA) is 62.2 Å². The molecule has 1 aromatic heterocycles. The molecule has 0 spiro atoms. The number of nitrogens with zero attached hydrogens (tertiary/aromatic N) is 3. The number of aryl methyl sites for hydroxylation is 1. The van der Waals surface area contributed by atoms with Crippen LogP contribution in [0.15, 0.2) is 30.3 Å². The number of hydrogen-bond donors (Lipinski definition) is 2. The van der Waals surface area contributed by atoms with Crippen LogP contribution in [0.5, 0.6) is 0 Å². The van der Waals surface area contributed by atoms with E-state index in [0.717, 1.165) is 25.9 Å². The Morgan fingerprint density at radius 2 is 2.20 bits per heavy atom. The maximum Gasteiger partial charge on any atom is 0.239 e. The molecule has 0 aliphatic carbocycles. The molecule has 25 heavy (non-hydrogen) atoms. The SMILES string of the molecule is CNC1CCCN(CC(=O)Nc2cc(C)nn2-c2ccccc2F)C1. The fraction of sp³-hybridized carbons (Fsp3) is 0.444. The molecule has 6 nitrogen and oxygen atoms in total. The molecule has 0 radical (unpaired) electrons. The van der Waals surface area contributed by atoms with Crippen molar-refractivity contribution in [2.45, 2.75) is 25.8 Å². The van der Waals surface area contributed by atoms with Crippen LogP contribution in [0.25, 0.3) is 5.69 Å². The van der Waals surface area contributed by atoms with Crippen LogP contribution in [-0.4, -0.2) is 53.3 Å². The molecule has 3 rings (SSSR count). The van der Waals surface area contributed by atoms with Gasteiger partial charge in [-0.3, -0.25) is 9.69 Å². The molecule has 2 N–H and O–H groups in total. The molecule has 0 saturated carbocycles. The third-order valence-corrected chi connectivity index (χ3v) is 4.46. The van der Waals surface area contributed by atoms with Crippen LogP contribution in [0.3, 0.4) is 0 Å². The fourth-order valence-corrected chi connectivity index (χ4v) is 3.22. The summed E-state index contributed by atoms with van der Waals surface area (Å²) in [7, 11) is 1.95. The lowest BCUT2D eigenvalue weighted by Gasteiger charge is -2.31. The third-order valence-electron chi connectivity index (χ3n) is 4.46. The second-order valence-electron chi connectivity index (χ2n) is 6.45. The summed E-state index contributed by atoms with van der Waals surface area (Å²) in [6, 6.07) is 8.56. The summed E-state index contributed by atoms with van der Waals surface area (Å²) in [6.45, 7) is 3.90. The molecule has 2 heterocycles. The number of nitrogens with one attached hydrogen (secondary N) is 2. The molecule has 1 atom stereocenters. The van der Waals surface area contributed by atoms with E-state index in [4.69, 9.17) is 0 Å². The van der Waals surface area contributed by atoms with Crippen molar-refractivity contribution in [3.05, 3.63) is 41.8 Å². The standard InChI is InChI=1S/C18H24FN5O/c1-13-10-17(24(22-13)16-8-4-3-7-15(16)19)21-18(25)12-23-9-5-6-14(11-23)20-2/h3-4,7-8,10,14,20H,5-6,9,11-12H2,1-2H3,(H,21,25). The molecule has 1 unspecified atom stereocenters. The normalized spacial score (nSPS) is 18.3. The average Bonchev–Trinajstić information content (AvgIpc) is 2.95. The average molecular weight is 345 g/mol. The summed E-state index contributed by atoms with van der Waals surface area (Å²) in [4.78, 5) is 14.6. The number of likely N-dealkylation sites (tertiary alicyclic amines) is 1. The Labute approximate surface area is 147 Å². The van der Waals surface area contributed by atoms with Gasteiger partial charge < -0.3 is 10.6 Å². The largest absolute Gasteiger partial charge is 0.316 e. The van der Waals surface area contributed by atoms with Gasteiger partial charge in [-0.2, -0.15) is 5.10 Å². The number of anilines is 1. The van der Waals surface area contributed by atoms with E-state index >= 15 is 0 Å². The van der Waals surface area contributed by atoms with E-state index in [2.05, 4.69) is 20.6 Å². The maximum absolute atomic E-state index is 14.1. The van der Waals surface area contributed by atoms with Crippen LogP contribution < -0.4 is 10.6 Å². The Kier molecular flexibility index (Phi) is 5.45. The van der Waals surface area contributed by atoms with Gasteiger partial charge in [0.2, 0.25) is 5.91 Å². The van der Waals surface area contributed by atoms with Gasteiger partial charge in [-0.05, 0) is 45.5 Å². The minimum absolute atomic E-state index is 0.116. The number of amides is 1. The molecule has 7 heteroatoms. The first-order valence-corrected chi connectivity index (χ1v) is 8.58. The highest BCUT2D eigenvalue weighted by Gasteiger charge is 2.21. The highest BCUT2D eigenvalue weighted by Crippen LogP contribution is 2.19. The van der Waals surface area contributed by atoms with Gasteiger partial charge in [-0.1, -0.05) is 12.1 Å². The smallest absolute Gasteiger partial charge is 0.239 e. The molecule has 2 aromatic rings. The van der Waals surface area contributed by atoms with Crippen LogP contribution in [0.2, 0.25) is 0 Å². The van der Waals surface area contributed by atoms with Crippen molar-refractivity contribution >= 4 is 11.7 Å². The highest BCUT2D eigenvalue weighted by molar-refractivity contribution is 5.91. The number of benzene rings is 1.